The van der Waals surface area contributed by atoms with Gasteiger partial charge in [-0.05, 0) is 62.0 Å². The van der Waals surface area contributed by atoms with Crippen LogP contribution in [0.25, 0.3) is 0 Å². The Balaban J connectivity index is 2.48. The number of nitrogens with zero attached hydrogens (tertiary/aromatic N) is 1. The lowest BCUT2D eigenvalue weighted by atomic mass is 9.99. The smallest absolute Gasteiger partial charge is 0.249 e. The molecule has 6 heteroatoms. The van der Waals surface area contributed by atoms with Crippen LogP contribution in [0.1, 0.15) is 53.0 Å². The van der Waals surface area contributed by atoms with Gasteiger partial charge in [0.1, 0.15) is 11.6 Å². The van der Waals surface area contributed by atoms with Crippen molar-refractivity contribution in [1.29, 1.82) is 0 Å². The lowest BCUT2D eigenvalue weighted by Crippen LogP contribution is -2.44. The maximum Gasteiger partial charge on any atom is 0.249 e. The Bertz CT molecular complexity index is 794. The van der Waals surface area contributed by atoms with E-state index in [2.05, 4.69) is 33.9 Å². The van der Waals surface area contributed by atoms with E-state index >= 15 is 0 Å². The Morgan fingerprint density at radius 3 is 2.40 bits per heavy atom. The summed E-state index contributed by atoms with van der Waals surface area (Å²) in [7, 11) is -0.470. The van der Waals surface area contributed by atoms with Gasteiger partial charge in [-0.3, -0.25) is 4.79 Å². The largest absolute Gasteiger partial charge is 0.496 e. The van der Waals surface area contributed by atoms with E-state index in [4.69, 9.17) is 9.16 Å². The third-order valence-electron chi connectivity index (χ3n) is 6.61. The lowest BCUT2D eigenvalue weighted by molar-refractivity contribution is -0.126. The highest BCUT2D eigenvalue weighted by Crippen LogP contribution is 2.42. The molecule has 1 aromatic rings. The van der Waals surface area contributed by atoms with Crippen LogP contribution in [0.5, 0.6) is 5.75 Å². The van der Waals surface area contributed by atoms with E-state index < -0.39 is 8.32 Å². The lowest BCUT2D eigenvalue weighted by Gasteiger charge is -2.39. The van der Waals surface area contributed by atoms with E-state index in [0.29, 0.717) is 31.7 Å². The first kappa shape index (κ1) is 24.6. The van der Waals surface area contributed by atoms with Crippen molar-refractivity contribution in [2.75, 3.05) is 20.2 Å². The van der Waals surface area contributed by atoms with Crippen LogP contribution in [0.3, 0.4) is 0 Å². The third kappa shape index (κ3) is 5.33. The highest BCUT2D eigenvalue weighted by molar-refractivity contribution is 6.74. The number of hydrogen-bond acceptors (Lipinski definition) is 3. The van der Waals surface area contributed by atoms with E-state index in [9.17, 15) is 9.18 Å². The average Bonchev–Trinajstić information content (AvgIpc) is 3.04. The molecular formula is C24H38FNO3Si. The molecule has 0 radical (unpaired) electrons. The predicted octanol–water partition coefficient (Wildman–Crippen LogP) is 5.73. The normalized spacial score (nSPS) is 17.4. The topological polar surface area (TPSA) is 38.8 Å². The van der Waals surface area contributed by atoms with E-state index in [1.807, 2.05) is 18.7 Å². The van der Waals surface area contributed by atoms with Gasteiger partial charge in [0.05, 0.1) is 13.2 Å². The minimum atomic E-state index is -2.02. The van der Waals surface area contributed by atoms with Crippen LogP contribution in [-0.4, -0.2) is 45.4 Å². The van der Waals surface area contributed by atoms with Gasteiger partial charge < -0.3 is 14.1 Å². The van der Waals surface area contributed by atoms with Gasteiger partial charge in [0, 0.05) is 31.1 Å². The zero-order valence-corrected chi connectivity index (χ0v) is 20.9. The molecule has 0 unspecified atom stereocenters. The second kappa shape index (κ2) is 9.65. The van der Waals surface area contributed by atoms with Gasteiger partial charge in [-0.1, -0.05) is 26.8 Å². The van der Waals surface area contributed by atoms with Crippen molar-refractivity contribution >= 4 is 14.2 Å². The number of benzene rings is 1. The van der Waals surface area contributed by atoms with Crippen molar-refractivity contribution in [2.24, 2.45) is 0 Å². The number of carbonyl (C=O) groups is 1. The van der Waals surface area contributed by atoms with E-state index in [0.717, 1.165) is 23.1 Å². The summed E-state index contributed by atoms with van der Waals surface area (Å²) in [6.07, 6.45) is 1.97. The molecule has 2 rings (SSSR count). The summed E-state index contributed by atoms with van der Waals surface area (Å²) in [6, 6.07) is 4.60. The molecule has 0 fully saturated rings. The number of halogens is 1. The minimum Gasteiger partial charge on any atom is -0.496 e. The molecule has 168 valence electrons. The molecule has 1 aliphatic rings. The van der Waals surface area contributed by atoms with Gasteiger partial charge in [0.2, 0.25) is 5.91 Å². The average molecular weight is 436 g/mol. The summed E-state index contributed by atoms with van der Waals surface area (Å²) in [6.45, 7) is 16.5. The molecule has 30 heavy (non-hydrogen) atoms. The van der Waals surface area contributed by atoms with E-state index in [1.54, 1.807) is 13.2 Å². The zero-order valence-electron chi connectivity index (χ0n) is 19.9. The van der Waals surface area contributed by atoms with Gasteiger partial charge in [0.25, 0.3) is 0 Å². The number of amides is 1. The molecule has 1 atom stereocenters. The molecule has 0 aromatic heterocycles. The molecular weight excluding hydrogens is 397 g/mol. The molecule has 1 aromatic carbocycles. The second-order valence-corrected chi connectivity index (χ2v) is 14.3. The van der Waals surface area contributed by atoms with Gasteiger partial charge in [-0.2, -0.15) is 0 Å². The molecule has 4 nitrogen and oxygen atoms in total. The maximum atomic E-state index is 13.7. The SMILES string of the molecule is CCN(CC)C(=O)C1=C(Cc2ccc(F)cc2OC)[C@@H](O[Si](C)(C)C(C)(C)C)CC1. The number of methoxy groups -OCH3 is 1. The van der Waals surface area contributed by atoms with Crippen molar-refractivity contribution in [3.05, 3.63) is 40.7 Å². The highest BCUT2D eigenvalue weighted by atomic mass is 28.4. The molecule has 0 aliphatic heterocycles. The predicted molar refractivity (Wildman–Crippen MR) is 123 cm³/mol. The monoisotopic (exact) mass is 435 g/mol. The fourth-order valence-corrected chi connectivity index (χ4v) is 5.03. The fraction of sp³-hybridized carbons (Fsp3) is 0.625. The first-order valence-corrected chi connectivity index (χ1v) is 13.9. The number of carbonyl (C=O) groups excluding carboxylic acids is 1. The summed E-state index contributed by atoms with van der Waals surface area (Å²) in [5.41, 5.74) is 2.76. The molecule has 1 amide bonds. The summed E-state index contributed by atoms with van der Waals surface area (Å²) >= 11 is 0. The van der Waals surface area contributed by atoms with Gasteiger partial charge in [-0.15, -0.1) is 0 Å². The molecule has 0 saturated heterocycles. The van der Waals surface area contributed by atoms with Gasteiger partial charge in [0.15, 0.2) is 8.32 Å². The molecule has 0 spiro atoms. The molecule has 0 heterocycles. The summed E-state index contributed by atoms with van der Waals surface area (Å²) in [5, 5.41) is 0.0807. The van der Waals surface area contributed by atoms with E-state index in [1.165, 1.54) is 12.1 Å². The number of likely N-dealkylation sites (N-methyl/N-ethyl adjacent to an activating group) is 1. The Labute approximate surface area is 182 Å². The Morgan fingerprint density at radius 2 is 1.87 bits per heavy atom. The summed E-state index contributed by atoms with van der Waals surface area (Å²) in [4.78, 5) is 15.1. The highest BCUT2D eigenvalue weighted by Gasteiger charge is 2.42. The summed E-state index contributed by atoms with van der Waals surface area (Å²) < 4.78 is 25.9. The van der Waals surface area contributed by atoms with Crippen LogP contribution in [-0.2, 0) is 15.6 Å². The van der Waals surface area contributed by atoms with Crippen LogP contribution in [0, 0.1) is 5.82 Å². The quantitative estimate of drug-likeness (QED) is 0.490. The third-order valence-corrected chi connectivity index (χ3v) is 11.1. The van der Waals surface area contributed by atoms with Crippen LogP contribution in [0.2, 0.25) is 18.1 Å². The molecule has 0 N–H and O–H groups in total. The van der Waals surface area contributed by atoms with Gasteiger partial charge >= 0.3 is 0 Å². The first-order valence-electron chi connectivity index (χ1n) is 11.0. The Kier molecular flexibility index (Phi) is 7.91. The fourth-order valence-electron chi connectivity index (χ4n) is 3.70. The Hall–Kier alpha value is -1.66. The van der Waals surface area contributed by atoms with Gasteiger partial charge in [-0.25, -0.2) is 4.39 Å². The summed E-state index contributed by atoms with van der Waals surface area (Å²) in [5.74, 6) is 0.275. The molecule has 1 aliphatic carbocycles. The van der Waals surface area contributed by atoms with Crippen molar-refractivity contribution in [1.82, 2.24) is 4.90 Å². The standard InChI is InChI=1S/C24H38FNO3Si/c1-9-26(10-2)23(27)19-13-14-21(29-30(7,8)24(3,4)5)20(19)15-17-11-12-18(25)16-22(17)28-6/h11-12,16,21H,9-10,13-15H2,1-8H3/t21-/m0/s1. The Morgan fingerprint density at radius 1 is 1.23 bits per heavy atom. The van der Waals surface area contributed by atoms with Crippen LogP contribution < -0.4 is 4.74 Å². The second-order valence-electron chi connectivity index (χ2n) is 9.52. The first-order chi connectivity index (χ1) is 13.9. The maximum absolute atomic E-state index is 13.7. The van der Waals surface area contributed by atoms with E-state index in [-0.39, 0.29) is 22.9 Å². The van der Waals surface area contributed by atoms with Crippen molar-refractivity contribution in [3.8, 4) is 5.75 Å². The molecule has 0 saturated carbocycles. The molecule has 0 bridgehead atoms. The van der Waals surface area contributed by atoms with Crippen molar-refractivity contribution < 1.29 is 18.3 Å². The van der Waals surface area contributed by atoms with Crippen molar-refractivity contribution in [2.45, 2.75) is 78.1 Å². The minimum absolute atomic E-state index is 0.0807. The number of ether oxygens (including phenoxy) is 1. The van der Waals surface area contributed by atoms with Crippen LogP contribution >= 0.6 is 0 Å². The van der Waals surface area contributed by atoms with Crippen LogP contribution in [0.4, 0.5) is 4.39 Å². The zero-order chi connectivity index (χ0) is 22.7. The number of rotatable bonds is 8. The van der Waals surface area contributed by atoms with Crippen molar-refractivity contribution in [3.63, 3.8) is 0 Å². The van der Waals surface area contributed by atoms with Crippen LogP contribution in [0.15, 0.2) is 29.3 Å². The number of hydrogen-bond donors (Lipinski definition) is 0.